The Morgan fingerprint density at radius 3 is 2.52 bits per heavy atom. The lowest BCUT2D eigenvalue weighted by atomic mass is 9.87. The normalized spacial score (nSPS) is 18.2. The predicted octanol–water partition coefficient (Wildman–Crippen LogP) is 2.29. The molecule has 1 aliphatic rings. The molecule has 2 aromatic carbocycles. The van der Waals surface area contributed by atoms with Crippen molar-refractivity contribution in [1.82, 2.24) is 5.06 Å². The lowest BCUT2D eigenvalue weighted by Crippen LogP contribution is -2.36. The molecule has 0 aliphatic carbocycles. The van der Waals surface area contributed by atoms with Crippen LogP contribution in [0.5, 0.6) is 0 Å². The van der Waals surface area contributed by atoms with Crippen LogP contribution in [0, 0.1) is 0 Å². The van der Waals surface area contributed by atoms with E-state index in [0.717, 1.165) is 18.5 Å². The van der Waals surface area contributed by atoms with Crippen LogP contribution in [0.25, 0.3) is 0 Å². The lowest BCUT2D eigenvalue weighted by molar-refractivity contribution is -0.157. The zero-order chi connectivity index (χ0) is 14.8. The van der Waals surface area contributed by atoms with Gasteiger partial charge in [0.25, 0.3) is 0 Å². The summed E-state index contributed by atoms with van der Waals surface area (Å²) in [5.74, 6) is -0.412. The summed E-state index contributed by atoms with van der Waals surface area (Å²) >= 11 is 0. The van der Waals surface area contributed by atoms with E-state index in [0.29, 0.717) is 5.56 Å². The van der Waals surface area contributed by atoms with Crippen LogP contribution in [0.3, 0.4) is 0 Å². The van der Waals surface area contributed by atoms with Crippen molar-refractivity contribution in [3.8, 4) is 0 Å². The van der Waals surface area contributed by atoms with Gasteiger partial charge >= 0.3 is 0 Å². The fraction of sp³-hybridized carbons (Fsp3) is 0.235. The van der Waals surface area contributed by atoms with Crippen LogP contribution in [-0.2, 0) is 11.3 Å². The van der Waals surface area contributed by atoms with Gasteiger partial charge in [-0.1, -0.05) is 42.5 Å². The number of carbonyl (C=O) groups is 1. The van der Waals surface area contributed by atoms with Gasteiger partial charge in [-0.2, -0.15) is 5.06 Å². The molecule has 2 N–H and O–H groups in total. The number of fused-ring (bicyclic) bond motifs is 1. The monoisotopic (exact) mass is 282 g/mol. The summed E-state index contributed by atoms with van der Waals surface area (Å²) in [6.07, 6.45) is 0.930. The Bertz CT molecular complexity index is 669. The first-order chi connectivity index (χ1) is 10.2. The van der Waals surface area contributed by atoms with E-state index in [1.54, 1.807) is 13.2 Å². The van der Waals surface area contributed by atoms with Crippen molar-refractivity contribution in [1.29, 1.82) is 0 Å². The molecular weight excluding hydrogens is 264 g/mol. The average Bonchev–Trinajstić information content (AvgIpc) is 2.53. The standard InChI is InChI=1S/C17H18N2O2/c1-21-19-11-10-12-6-2-3-7-13(12)16(19)14-8-4-5-9-15(14)17(18)20/h2-9,16H,10-11H2,1H3,(H2,18,20). The van der Waals surface area contributed by atoms with E-state index in [-0.39, 0.29) is 6.04 Å². The molecule has 0 radical (unpaired) electrons. The van der Waals surface area contributed by atoms with Gasteiger partial charge in [-0.15, -0.1) is 0 Å². The van der Waals surface area contributed by atoms with Crippen molar-refractivity contribution in [2.45, 2.75) is 12.5 Å². The van der Waals surface area contributed by atoms with E-state index in [1.807, 2.05) is 35.4 Å². The van der Waals surface area contributed by atoms with E-state index in [4.69, 9.17) is 10.6 Å². The van der Waals surface area contributed by atoms with E-state index in [1.165, 1.54) is 11.1 Å². The van der Waals surface area contributed by atoms with Gasteiger partial charge in [0.2, 0.25) is 5.91 Å². The number of rotatable bonds is 3. The van der Waals surface area contributed by atoms with Gasteiger partial charge in [-0.05, 0) is 29.2 Å². The molecule has 3 rings (SSSR count). The fourth-order valence-corrected chi connectivity index (χ4v) is 3.02. The average molecular weight is 282 g/mol. The number of benzene rings is 2. The molecule has 0 aromatic heterocycles. The Balaban J connectivity index is 2.17. The van der Waals surface area contributed by atoms with Gasteiger partial charge < -0.3 is 10.6 Å². The van der Waals surface area contributed by atoms with Gasteiger partial charge in [-0.25, -0.2) is 0 Å². The third-order valence-electron chi connectivity index (χ3n) is 3.99. The van der Waals surface area contributed by atoms with Crippen molar-refractivity contribution in [3.63, 3.8) is 0 Å². The molecule has 108 valence electrons. The zero-order valence-electron chi connectivity index (χ0n) is 12.0. The number of hydrogen-bond acceptors (Lipinski definition) is 3. The first kappa shape index (κ1) is 13.8. The maximum atomic E-state index is 11.7. The number of amides is 1. The molecule has 1 amide bonds. The minimum Gasteiger partial charge on any atom is -0.366 e. The highest BCUT2D eigenvalue weighted by atomic mass is 16.7. The second-order valence-electron chi connectivity index (χ2n) is 5.13. The highest BCUT2D eigenvalue weighted by Gasteiger charge is 2.31. The Hall–Kier alpha value is -2.17. The SMILES string of the molecule is CON1CCc2ccccc2C1c1ccccc1C(N)=O. The van der Waals surface area contributed by atoms with E-state index in [2.05, 4.69) is 12.1 Å². The lowest BCUT2D eigenvalue weighted by Gasteiger charge is -2.36. The molecule has 0 bridgehead atoms. The van der Waals surface area contributed by atoms with Crippen LogP contribution in [0.15, 0.2) is 48.5 Å². The van der Waals surface area contributed by atoms with Crippen molar-refractivity contribution in [2.24, 2.45) is 5.73 Å². The molecule has 1 atom stereocenters. The Morgan fingerprint density at radius 2 is 1.81 bits per heavy atom. The smallest absolute Gasteiger partial charge is 0.249 e. The molecule has 21 heavy (non-hydrogen) atoms. The minimum absolute atomic E-state index is 0.108. The largest absolute Gasteiger partial charge is 0.366 e. The Labute approximate surface area is 124 Å². The van der Waals surface area contributed by atoms with Gasteiger partial charge in [0.15, 0.2) is 0 Å². The van der Waals surface area contributed by atoms with E-state index < -0.39 is 5.91 Å². The molecule has 1 aliphatic heterocycles. The molecule has 0 fully saturated rings. The van der Waals surface area contributed by atoms with E-state index in [9.17, 15) is 4.79 Å². The second kappa shape index (κ2) is 5.68. The van der Waals surface area contributed by atoms with Crippen molar-refractivity contribution in [3.05, 3.63) is 70.8 Å². The van der Waals surface area contributed by atoms with Crippen molar-refractivity contribution >= 4 is 5.91 Å². The van der Waals surface area contributed by atoms with Crippen molar-refractivity contribution < 1.29 is 9.63 Å². The predicted molar refractivity (Wildman–Crippen MR) is 80.7 cm³/mol. The van der Waals surface area contributed by atoms with Crippen LogP contribution in [0.2, 0.25) is 0 Å². The molecule has 0 saturated heterocycles. The van der Waals surface area contributed by atoms with Crippen LogP contribution in [0.1, 0.15) is 33.1 Å². The number of nitrogens with two attached hydrogens (primary N) is 1. The minimum atomic E-state index is -0.412. The highest BCUT2D eigenvalue weighted by molar-refractivity contribution is 5.94. The number of primary amides is 1. The summed E-state index contributed by atoms with van der Waals surface area (Å²) < 4.78 is 0. The summed E-state index contributed by atoms with van der Waals surface area (Å²) in [5, 5.41) is 1.91. The number of hydroxylamine groups is 2. The first-order valence-corrected chi connectivity index (χ1v) is 6.99. The molecule has 4 heteroatoms. The molecule has 2 aromatic rings. The summed E-state index contributed by atoms with van der Waals surface area (Å²) in [7, 11) is 1.66. The van der Waals surface area contributed by atoms with E-state index >= 15 is 0 Å². The fourth-order valence-electron chi connectivity index (χ4n) is 3.02. The van der Waals surface area contributed by atoms with Gasteiger partial charge in [0, 0.05) is 12.1 Å². The van der Waals surface area contributed by atoms with Crippen LogP contribution >= 0.6 is 0 Å². The molecular formula is C17H18N2O2. The number of hydrogen-bond donors (Lipinski definition) is 1. The highest BCUT2D eigenvalue weighted by Crippen LogP contribution is 2.36. The Morgan fingerprint density at radius 1 is 1.14 bits per heavy atom. The van der Waals surface area contributed by atoms with Gasteiger partial charge in [-0.3, -0.25) is 4.79 Å². The third-order valence-corrected chi connectivity index (χ3v) is 3.99. The first-order valence-electron chi connectivity index (χ1n) is 6.99. The molecule has 0 saturated carbocycles. The van der Waals surface area contributed by atoms with Crippen molar-refractivity contribution in [2.75, 3.05) is 13.7 Å². The maximum Gasteiger partial charge on any atom is 0.249 e. The quantitative estimate of drug-likeness (QED) is 0.939. The summed E-state index contributed by atoms with van der Waals surface area (Å²) in [6, 6.07) is 15.6. The molecule has 0 spiro atoms. The topological polar surface area (TPSA) is 55.6 Å². The number of nitrogens with zero attached hydrogens (tertiary/aromatic N) is 1. The van der Waals surface area contributed by atoms with Crippen LogP contribution < -0.4 is 5.73 Å². The molecule has 1 unspecified atom stereocenters. The maximum absolute atomic E-state index is 11.7. The second-order valence-corrected chi connectivity index (χ2v) is 5.13. The van der Waals surface area contributed by atoms with Crippen LogP contribution in [-0.4, -0.2) is 24.6 Å². The zero-order valence-corrected chi connectivity index (χ0v) is 12.0. The summed E-state index contributed by atoms with van der Waals surface area (Å²) in [4.78, 5) is 17.3. The third kappa shape index (κ3) is 2.44. The Kier molecular flexibility index (Phi) is 3.73. The summed E-state index contributed by atoms with van der Waals surface area (Å²) in [6.45, 7) is 0.783. The van der Waals surface area contributed by atoms with Crippen LogP contribution in [0.4, 0.5) is 0 Å². The van der Waals surface area contributed by atoms with Gasteiger partial charge in [0.1, 0.15) is 0 Å². The molecule has 4 nitrogen and oxygen atoms in total. The van der Waals surface area contributed by atoms with Gasteiger partial charge in [0.05, 0.1) is 13.2 Å². The summed E-state index contributed by atoms with van der Waals surface area (Å²) in [5.41, 5.74) is 9.41. The number of carbonyl (C=O) groups excluding carboxylic acids is 1. The molecule has 1 heterocycles.